The molecule has 1 aliphatic rings. The number of rotatable bonds is 6. The number of hydrogen-bond acceptors (Lipinski definition) is 5. The maximum absolute atomic E-state index is 12.2. The number of Topliss-reactive ketones (excluding diaryl/α,β-unsaturated/α-hetero) is 1. The first kappa shape index (κ1) is 17.5. The summed E-state index contributed by atoms with van der Waals surface area (Å²) in [5.41, 5.74) is 1.24. The average molecular weight is 354 g/mol. The zero-order valence-electron chi connectivity index (χ0n) is 14.2. The molecule has 3 rings (SSSR count). The molecule has 26 heavy (non-hydrogen) atoms. The Hall–Kier alpha value is -3.35. The van der Waals surface area contributed by atoms with Gasteiger partial charge in [0.25, 0.3) is 5.91 Å². The van der Waals surface area contributed by atoms with Gasteiger partial charge in [0.1, 0.15) is 0 Å². The predicted octanol–water partition coefficient (Wildman–Crippen LogP) is 2.38. The number of nitrogens with one attached hydrogen (secondary N) is 2. The molecule has 2 amide bonds. The van der Waals surface area contributed by atoms with Crippen LogP contribution in [0.3, 0.4) is 0 Å². The first-order chi connectivity index (χ1) is 12.5. The van der Waals surface area contributed by atoms with E-state index in [2.05, 4.69) is 10.6 Å². The van der Waals surface area contributed by atoms with Crippen molar-refractivity contribution in [3.8, 4) is 11.5 Å². The zero-order valence-corrected chi connectivity index (χ0v) is 14.2. The number of anilines is 1. The highest BCUT2D eigenvalue weighted by Crippen LogP contribution is 2.37. The molecule has 0 atom stereocenters. The minimum absolute atomic E-state index is 0.0738. The third-order valence-electron chi connectivity index (χ3n) is 3.84. The fourth-order valence-corrected chi connectivity index (χ4v) is 2.53. The molecular weight excluding hydrogens is 336 g/mol. The van der Waals surface area contributed by atoms with Crippen LogP contribution in [0.1, 0.15) is 34.1 Å². The number of ether oxygens (including phenoxy) is 2. The van der Waals surface area contributed by atoms with Gasteiger partial charge in [-0.25, -0.2) is 0 Å². The van der Waals surface area contributed by atoms with Gasteiger partial charge in [-0.05, 0) is 25.1 Å². The minimum Gasteiger partial charge on any atom is -0.454 e. The third kappa shape index (κ3) is 4.00. The van der Waals surface area contributed by atoms with Gasteiger partial charge in [0.2, 0.25) is 12.7 Å². The zero-order chi connectivity index (χ0) is 18.5. The van der Waals surface area contributed by atoms with Crippen LogP contribution in [0.4, 0.5) is 5.69 Å². The van der Waals surface area contributed by atoms with E-state index >= 15 is 0 Å². The molecule has 1 heterocycles. The van der Waals surface area contributed by atoms with Crippen molar-refractivity contribution in [2.24, 2.45) is 0 Å². The van der Waals surface area contributed by atoms with Crippen LogP contribution in [0.25, 0.3) is 0 Å². The quantitative estimate of drug-likeness (QED) is 0.777. The largest absolute Gasteiger partial charge is 0.454 e. The molecule has 2 N–H and O–H groups in total. The Morgan fingerprint density at radius 1 is 1.04 bits per heavy atom. The van der Waals surface area contributed by atoms with Crippen LogP contribution >= 0.6 is 0 Å². The van der Waals surface area contributed by atoms with Gasteiger partial charge >= 0.3 is 0 Å². The third-order valence-corrected chi connectivity index (χ3v) is 3.84. The molecule has 0 bridgehead atoms. The topological polar surface area (TPSA) is 93.7 Å². The second-order valence-electron chi connectivity index (χ2n) is 5.73. The van der Waals surface area contributed by atoms with Gasteiger partial charge in [0.15, 0.2) is 17.3 Å². The lowest BCUT2D eigenvalue weighted by Gasteiger charge is -2.11. The van der Waals surface area contributed by atoms with Crippen molar-refractivity contribution in [1.82, 2.24) is 5.32 Å². The lowest BCUT2D eigenvalue weighted by molar-refractivity contribution is -0.116. The molecule has 0 spiro atoms. The highest BCUT2D eigenvalue weighted by atomic mass is 16.7. The minimum atomic E-state index is -0.320. The first-order valence-corrected chi connectivity index (χ1v) is 8.12. The first-order valence-electron chi connectivity index (χ1n) is 8.12. The Labute approximate surface area is 150 Å². The number of ketones is 1. The summed E-state index contributed by atoms with van der Waals surface area (Å²) in [6.45, 7) is 1.67. The van der Waals surface area contributed by atoms with E-state index in [4.69, 9.17) is 9.47 Å². The number of carbonyl (C=O) groups is 3. The Kier molecular flexibility index (Phi) is 5.17. The van der Waals surface area contributed by atoms with Gasteiger partial charge in [0.05, 0.1) is 5.69 Å². The molecule has 0 fully saturated rings. The average Bonchev–Trinajstić information content (AvgIpc) is 3.09. The Morgan fingerprint density at radius 2 is 1.73 bits per heavy atom. The van der Waals surface area contributed by atoms with Crippen LogP contribution in [0, 0.1) is 0 Å². The van der Waals surface area contributed by atoms with Gasteiger partial charge in [-0.15, -0.1) is 0 Å². The number of hydrogen-bond donors (Lipinski definition) is 2. The second-order valence-corrected chi connectivity index (χ2v) is 5.73. The number of amides is 2. The van der Waals surface area contributed by atoms with Crippen molar-refractivity contribution >= 4 is 23.3 Å². The monoisotopic (exact) mass is 354 g/mol. The molecule has 2 aromatic carbocycles. The van der Waals surface area contributed by atoms with E-state index in [0.29, 0.717) is 28.3 Å². The molecule has 7 nitrogen and oxygen atoms in total. The lowest BCUT2D eigenvalue weighted by atomic mass is 10.1. The van der Waals surface area contributed by atoms with E-state index in [1.165, 1.54) is 6.92 Å². The standard InChI is InChI=1S/C19H18N2O5/c1-12(22)14-9-16-17(26-11-25-16)10-15(14)21-18(23)7-8-20-19(24)13-5-3-2-4-6-13/h2-6,9-10H,7-8,11H2,1H3,(H,20,24)(H,21,23). The number of carbonyl (C=O) groups excluding carboxylic acids is 3. The van der Waals surface area contributed by atoms with E-state index in [1.807, 2.05) is 6.07 Å². The lowest BCUT2D eigenvalue weighted by Crippen LogP contribution is -2.27. The van der Waals surface area contributed by atoms with E-state index in [9.17, 15) is 14.4 Å². The van der Waals surface area contributed by atoms with Crippen molar-refractivity contribution in [1.29, 1.82) is 0 Å². The van der Waals surface area contributed by atoms with Crippen LogP contribution in [-0.2, 0) is 4.79 Å². The summed E-state index contributed by atoms with van der Waals surface area (Å²) in [4.78, 5) is 35.9. The molecule has 0 saturated carbocycles. The van der Waals surface area contributed by atoms with Gasteiger partial charge in [-0.2, -0.15) is 0 Å². The summed E-state index contributed by atoms with van der Waals surface area (Å²) in [6.07, 6.45) is 0.0738. The molecule has 2 aromatic rings. The van der Waals surface area contributed by atoms with Gasteiger partial charge in [-0.1, -0.05) is 18.2 Å². The predicted molar refractivity (Wildman–Crippen MR) is 94.6 cm³/mol. The molecule has 134 valence electrons. The maximum Gasteiger partial charge on any atom is 0.251 e. The van der Waals surface area contributed by atoms with Gasteiger partial charge < -0.3 is 20.1 Å². The van der Waals surface area contributed by atoms with Crippen LogP contribution in [-0.4, -0.2) is 30.9 Å². The molecule has 0 aromatic heterocycles. The van der Waals surface area contributed by atoms with Gasteiger partial charge in [0, 0.05) is 30.2 Å². The summed E-state index contributed by atoms with van der Waals surface area (Å²) in [7, 11) is 0. The Balaban J connectivity index is 1.58. The van der Waals surface area contributed by atoms with Gasteiger partial charge in [-0.3, -0.25) is 14.4 Å². The summed E-state index contributed by atoms with van der Waals surface area (Å²) in [6, 6.07) is 11.9. The number of benzene rings is 2. The normalized spacial score (nSPS) is 11.7. The van der Waals surface area contributed by atoms with E-state index in [-0.39, 0.29) is 37.4 Å². The van der Waals surface area contributed by atoms with Crippen LogP contribution < -0.4 is 20.1 Å². The summed E-state index contributed by atoms with van der Waals surface area (Å²) >= 11 is 0. The number of fused-ring (bicyclic) bond motifs is 1. The summed E-state index contributed by atoms with van der Waals surface area (Å²) in [5, 5.41) is 5.37. The van der Waals surface area contributed by atoms with Crippen molar-refractivity contribution in [3.05, 3.63) is 53.6 Å². The Morgan fingerprint density at radius 3 is 2.42 bits per heavy atom. The molecule has 1 aliphatic heterocycles. The fourth-order valence-electron chi connectivity index (χ4n) is 2.53. The molecule has 0 saturated heterocycles. The smallest absolute Gasteiger partial charge is 0.251 e. The molecule has 0 unspecified atom stereocenters. The summed E-state index contributed by atoms with van der Waals surface area (Å²) < 4.78 is 10.5. The molecule has 0 aliphatic carbocycles. The van der Waals surface area contributed by atoms with E-state index in [0.717, 1.165) is 0 Å². The SMILES string of the molecule is CC(=O)c1cc2c(cc1NC(=O)CCNC(=O)c1ccccc1)OCO2. The van der Waals surface area contributed by atoms with Crippen molar-refractivity contribution < 1.29 is 23.9 Å². The van der Waals surface area contributed by atoms with E-state index < -0.39 is 0 Å². The van der Waals surface area contributed by atoms with Crippen LogP contribution in [0.2, 0.25) is 0 Å². The molecular formula is C19H18N2O5. The summed E-state index contributed by atoms with van der Waals surface area (Å²) in [5.74, 6) is 0.188. The van der Waals surface area contributed by atoms with E-state index in [1.54, 1.807) is 36.4 Å². The van der Waals surface area contributed by atoms with Crippen LogP contribution in [0.15, 0.2) is 42.5 Å². The maximum atomic E-state index is 12.2. The molecule has 7 heteroatoms. The van der Waals surface area contributed by atoms with Crippen LogP contribution in [0.5, 0.6) is 11.5 Å². The van der Waals surface area contributed by atoms with Crippen molar-refractivity contribution in [3.63, 3.8) is 0 Å². The highest BCUT2D eigenvalue weighted by molar-refractivity contribution is 6.04. The highest BCUT2D eigenvalue weighted by Gasteiger charge is 2.20. The van der Waals surface area contributed by atoms with Crippen molar-refractivity contribution in [2.45, 2.75) is 13.3 Å². The Bertz CT molecular complexity index is 849. The molecule has 0 radical (unpaired) electrons. The van der Waals surface area contributed by atoms with Crippen molar-refractivity contribution in [2.75, 3.05) is 18.7 Å². The fraction of sp³-hybridized carbons (Fsp3) is 0.211. The second kappa shape index (κ2) is 7.69.